The SMILES string of the molecule is C1=CC(N2CCOC3(CCCOC3)C2)CCC1. The fourth-order valence-corrected chi connectivity index (χ4v) is 3.32. The molecule has 0 aromatic carbocycles. The van der Waals surface area contributed by atoms with Crippen molar-refractivity contribution in [1.82, 2.24) is 4.90 Å². The largest absolute Gasteiger partial charge is 0.378 e. The first-order valence-electron chi connectivity index (χ1n) is 7.00. The highest BCUT2D eigenvalue weighted by atomic mass is 16.5. The summed E-state index contributed by atoms with van der Waals surface area (Å²) in [6.45, 7) is 4.71. The van der Waals surface area contributed by atoms with Gasteiger partial charge in [0.15, 0.2) is 0 Å². The molecule has 3 heteroatoms. The van der Waals surface area contributed by atoms with Crippen molar-refractivity contribution in [2.45, 2.75) is 43.7 Å². The lowest BCUT2D eigenvalue weighted by Gasteiger charge is -2.47. The van der Waals surface area contributed by atoms with Crippen LogP contribution in [0, 0.1) is 0 Å². The first kappa shape index (κ1) is 11.7. The van der Waals surface area contributed by atoms with E-state index in [2.05, 4.69) is 17.1 Å². The zero-order valence-corrected chi connectivity index (χ0v) is 10.6. The predicted molar refractivity (Wildman–Crippen MR) is 67.1 cm³/mol. The predicted octanol–water partition coefficient (Wildman–Crippen LogP) is 1.98. The van der Waals surface area contributed by atoms with Crippen molar-refractivity contribution in [3.05, 3.63) is 12.2 Å². The molecule has 1 spiro atoms. The van der Waals surface area contributed by atoms with E-state index in [0.29, 0.717) is 6.04 Å². The molecule has 0 radical (unpaired) electrons. The summed E-state index contributed by atoms with van der Waals surface area (Å²) in [5.41, 5.74) is 0.00177. The Hall–Kier alpha value is -0.380. The quantitative estimate of drug-likeness (QED) is 0.651. The van der Waals surface area contributed by atoms with Gasteiger partial charge < -0.3 is 9.47 Å². The van der Waals surface area contributed by atoms with E-state index in [-0.39, 0.29) is 5.60 Å². The highest BCUT2D eigenvalue weighted by molar-refractivity contribution is 5.01. The van der Waals surface area contributed by atoms with Crippen LogP contribution in [0.5, 0.6) is 0 Å². The molecule has 0 N–H and O–H groups in total. The number of hydrogen-bond acceptors (Lipinski definition) is 3. The van der Waals surface area contributed by atoms with Crippen LogP contribution >= 0.6 is 0 Å². The molecule has 96 valence electrons. The van der Waals surface area contributed by atoms with Gasteiger partial charge in [-0.25, -0.2) is 0 Å². The van der Waals surface area contributed by atoms with E-state index in [1.807, 2.05) is 0 Å². The summed E-state index contributed by atoms with van der Waals surface area (Å²) in [6.07, 6.45) is 11.0. The molecule has 0 aromatic heterocycles. The van der Waals surface area contributed by atoms with Gasteiger partial charge in [-0.2, -0.15) is 0 Å². The van der Waals surface area contributed by atoms with Crippen molar-refractivity contribution in [3.63, 3.8) is 0 Å². The average molecular weight is 237 g/mol. The molecule has 17 heavy (non-hydrogen) atoms. The molecule has 3 aliphatic rings. The Bertz CT molecular complexity index is 278. The van der Waals surface area contributed by atoms with Crippen LogP contribution in [0.2, 0.25) is 0 Å². The van der Waals surface area contributed by atoms with Gasteiger partial charge >= 0.3 is 0 Å². The second-order valence-electron chi connectivity index (χ2n) is 5.58. The topological polar surface area (TPSA) is 21.7 Å². The molecule has 2 atom stereocenters. The molecule has 2 aliphatic heterocycles. The van der Waals surface area contributed by atoms with Gasteiger partial charge in [-0.1, -0.05) is 12.2 Å². The molecule has 0 amide bonds. The maximum absolute atomic E-state index is 6.04. The zero-order chi connectivity index (χ0) is 11.6. The minimum absolute atomic E-state index is 0.00177. The smallest absolute Gasteiger partial charge is 0.104 e. The van der Waals surface area contributed by atoms with Crippen LogP contribution in [-0.2, 0) is 9.47 Å². The van der Waals surface area contributed by atoms with Gasteiger partial charge in [-0.3, -0.25) is 4.90 Å². The lowest BCUT2D eigenvalue weighted by Crippen LogP contribution is -2.58. The maximum atomic E-state index is 6.04. The lowest BCUT2D eigenvalue weighted by molar-refractivity contribution is -0.171. The highest BCUT2D eigenvalue weighted by Gasteiger charge is 2.40. The molecule has 2 saturated heterocycles. The fraction of sp³-hybridized carbons (Fsp3) is 0.857. The Morgan fingerprint density at radius 1 is 1.24 bits per heavy atom. The third-order valence-electron chi connectivity index (χ3n) is 4.26. The van der Waals surface area contributed by atoms with Crippen LogP contribution in [0.15, 0.2) is 12.2 Å². The first-order valence-corrected chi connectivity index (χ1v) is 7.00. The van der Waals surface area contributed by atoms with E-state index in [0.717, 1.165) is 39.3 Å². The van der Waals surface area contributed by atoms with Crippen LogP contribution in [-0.4, -0.2) is 49.5 Å². The van der Waals surface area contributed by atoms with Gasteiger partial charge in [-0.05, 0) is 32.1 Å². The van der Waals surface area contributed by atoms with E-state index >= 15 is 0 Å². The second-order valence-corrected chi connectivity index (χ2v) is 5.58. The number of nitrogens with zero attached hydrogens (tertiary/aromatic N) is 1. The minimum Gasteiger partial charge on any atom is -0.378 e. The summed E-state index contributed by atoms with van der Waals surface area (Å²) in [7, 11) is 0. The third kappa shape index (κ3) is 2.56. The molecule has 0 saturated carbocycles. The number of ether oxygens (including phenoxy) is 2. The lowest BCUT2D eigenvalue weighted by atomic mass is 9.92. The van der Waals surface area contributed by atoms with Crippen LogP contribution in [0.3, 0.4) is 0 Å². The summed E-state index contributed by atoms with van der Waals surface area (Å²) in [4.78, 5) is 2.60. The van der Waals surface area contributed by atoms with Gasteiger partial charge in [0.1, 0.15) is 5.60 Å². The first-order chi connectivity index (χ1) is 8.38. The fourth-order valence-electron chi connectivity index (χ4n) is 3.32. The summed E-state index contributed by atoms with van der Waals surface area (Å²) in [5.74, 6) is 0. The van der Waals surface area contributed by atoms with Crippen molar-refractivity contribution in [3.8, 4) is 0 Å². The molecule has 3 nitrogen and oxygen atoms in total. The van der Waals surface area contributed by atoms with Crippen molar-refractivity contribution in [2.75, 3.05) is 32.9 Å². The average Bonchev–Trinajstić information content (AvgIpc) is 2.41. The Balaban J connectivity index is 1.66. The number of hydrogen-bond donors (Lipinski definition) is 0. The van der Waals surface area contributed by atoms with Crippen molar-refractivity contribution >= 4 is 0 Å². The Morgan fingerprint density at radius 3 is 3.00 bits per heavy atom. The second kappa shape index (κ2) is 5.09. The van der Waals surface area contributed by atoms with E-state index in [4.69, 9.17) is 9.47 Å². The summed E-state index contributed by atoms with van der Waals surface area (Å²) in [5, 5.41) is 0. The number of rotatable bonds is 1. The standard InChI is InChI=1S/C14H23NO2/c1-2-5-13(6-3-1)15-8-10-17-14(11-15)7-4-9-16-12-14/h2,5,13H,1,3-4,6-12H2. The Kier molecular flexibility index (Phi) is 3.50. The number of morpholine rings is 1. The van der Waals surface area contributed by atoms with Gasteiger partial charge in [0, 0.05) is 25.7 Å². The monoisotopic (exact) mass is 237 g/mol. The molecule has 2 unspecified atom stereocenters. The Morgan fingerprint density at radius 2 is 2.24 bits per heavy atom. The van der Waals surface area contributed by atoms with Crippen LogP contribution < -0.4 is 0 Å². The van der Waals surface area contributed by atoms with Crippen molar-refractivity contribution in [2.24, 2.45) is 0 Å². The summed E-state index contributed by atoms with van der Waals surface area (Å²) < 4.78 is 11.7. The van der Waals surface area contributed by atoms with Crippen molar-refractivity contribution in [1.29, 1.82) is 0 Å². The summed E-state index contributed by atoms with van der Waals surface area (Å²) >= 11 is 0. The van der Waals surface area contributed by atoms with Gasteiger partial charge in [0.2, 0.25) is 0 Å². The van der Waals surface area contributed by atoms with E-state index in [1.165, 1.54) is 25.7 Å². The molecule has 2 heterocycles. The Labute approximate surface area is 104 Å². The van der Waals surface area contributed by atoms with Gasteiger partial charge in [0.25, 0.3) is 0 Å². The van der Waals surface area contributed by atoms with Crippen molar-refractivity contribution < 1.29 is 9.47 Å². The normalized spacial score (nSPS) is 39.6. The molecule has 0 bridgehead atoms. The molecule has 2 fully saturated rings. The number of allylic oxidation sites excluding steroid dienone is 1. The van der Waals surface area contributed by atoms with Crippen LogP contribution in [0.25, 0.3) is 0 Å². The van der Waals surface area contributed by atoms with E-state index in [9.17, 15) is 0 Å². The van der Waals surface area contributed by atoms with Gasteiger partial charge in [-0.15, -0.1) is 0 Å². The van der Waals surface area contributed by atoms with Crippen LogP contribution in [0.1, 0.15) is 32.1 Å². The maximum Gasteiger partial charge on any atom is 0.104 e. The summed E-state index contributed by atoms with van der Waals surface area (Å²) in [6, 6.07) is 0.645. The molecule has 0 aromatic rings. The highest BCUT2D eigenvalue weighted by Crippen LogP contribution is 2.30. The molecular weight excluding hydrogens is 214 g/mol. The molecule has 3 rings (SSSR count). The van der Waals surface area contributed by atoms with E-state index in [1.54, 1.807) is 0 Å². The van der Waals surface area contributed by atoms with Gasteiger partial charge in [0.05, 0.1) is 13.2 Å². The third-order valence-corrected chi connectivity index (χ3v) is 4.26. The zero-order valence-electron chi connectivity index (χ0n) is 10.6. The molecular formula is C14H23NO2. The van der Waals surface area contributed by atoms with E-state index < -0.39 is 0 Å². The minimum atomic E-state index is 0.00177. The van der Waals surface area contributed by atoms with Crippen LogP contribution in [0.4, 0.5) is 0 Å². The molecule has 1 aliphatic carbocycles.